The standard InChI is InChI=1S/C40H29N3/c1-40(2)34-19-11-18-32(36(34)33-24-30-16-9-10-17-31(30)25-35(33)40)26-20-22-29(23-21-26)39-42-37(27-12-5-3-6-13-27)41-38(43-39)28-14-7-4-8-15-28/h3-25H,1-2H3. The summed E-state index contributed by atoms with van der Waals surface area (Å²) in [4.78, 5) is 14.7. The van der Waals surface area contributed by atoms with Crippen LogP contribution in [0.25, 0.3) is 67.2 Å². The van der Waals surface area contributed by atoms with E-state index in [1.165, 1.54) is 44.2 Å². The lowest BCUT2D eigenvalue weighted by Gasteiger charge is -2.22. The van der Waals surface area contributed by atoms with Gasteiger partial charge in [0.1, 0.15) is 0 Å². The maximum absolute atomic E-state index is 4.92. The van der Waals surface area contributed by atoms with Crippen LogP contribution in [-0.2, 0) is 5.41 Å². The molecule has 0 radical (unpaired) electrons. The summed E-state index contributed by atoms with van der Waals surface area (Å²) >= 11 is 0. The van der Waals surface area contributed by atoms with Crippen LogP contribution in [0.1, 0.15) is 25.0 Å². The largest absolute Gasteiger partial charge is 0.208 e. The van der Waals surface area contributed by atoms with Gasteiger partial charge in [-0.3, -0.25) is 0 Å². The third-order valence-electron chi connectivity index (χ3n) is 8.72. The molecule has 0 amide bonds. The van der Waals surface area contributed by atoms with Crippen molar-refractivity contribution in [1.82, 2.24) is 15.0 Å². The minimum atomic E-state index is -0.0722. The Labute approximate surface area is 251 Å². The molecule has 0 spiro atoms. The lowest BCUT2D eigenvalue weighted by molar-refractivity contribution is 0.661. The van der Waals surface area contributed by atoms with Crippen molar-refractivity contribution in [3.05, 3.63) is 151 Å². The van der Waals surface area contributed by atoms with Crippen molar-refractivity contribution >= 4 is 10.8 Å². The maximum atomic E-state index is 4.92. The summed E-state index contributed by atoms with van der Waals surface area (Å²) in [7, 11) is 0. The molecule has 1 aromatic heterocycles. The average molecular weight is 552 g/mol. The number of nitrogens with zero attached hydrogens (tertiary/aromatic N) is 3. The van der Waals surface area contributed by atoms with E-state index < -0.39 is 0 Å². The van der Waals surface area contributed by atoms with Gasteiger partial charge in [0, 0.05) is 22.1 Å². The minimum absolute atomic E-state index is 0.0722. The zero-order valence-corrected chi connectivity index (χ0v) is 24.1. The molecule has 8 rings (SSSR count). The smallest absolute Gasteiger partial charge is 0.164 e. The second kappa shape index (κ2) is 9.85. The van der Waals surface area contributed by atoms with Crippen molar-refractivity contribution < 1.29 is 0 Å². The molecule has 3 nitrogen and oxygen atoms in total. The summed E-state index contributed by atoms with van der Waals surface area (Å²) in [5.74, 6) is 2.00. The van der Waals surface area contributed by atoms with Crippen LogP contribution >= 0.6 is 0 Å². The number of benzene rings is 6. The van der Waals surface area contributed by atoms with Crippen LogP contribution in [0, 0.1) is 0 Å². The van der Waals surface area contributed by atoms with E-state index in [9.17, 15) is 0 Å². The Morgan fingerprint density at radius 2 is 0.884 bits per heavy atom. The topological polar surface area (TPSA) is 38.7 Å². The zero-order chi connectivity index (χ0) is 29.0. The molecule has 0 bridgehead atoms. The van der Waals surface area contributed by atoms with Crippen LogP contribution in [-0.4, -0.2) is 15.0 Å². The van der Waals surface area contributed by atoms with E-state index in [0.717, 1.165) is 16.7 Å². The summed E-state index contributed by atoms with van der Waals surface area (Å²) in [6.45, 7) is 4.68. The lowest BCUT2D eigenvalue weighted by Crippen LogP contribution is -2.14. The molecule has 0 atom stereocenters. The first-order valence-electron chi connectivity index (χ1n) is 14.7. The van der Waals surface area contributed by atoms with Gasteiger partial charge in [-0.05, 0) is 56.3 Å². The molecule has 7 aromatic rings. The SMILES string of the molecule is CC1(C)c2cc3ccccc3cc2-c2c(-c3ccc(-c4nc(-c5ccccc5)nc(-c5ccccc5)n4)cc3)cccc21. The summed E-state index contributed by atoms with van der Waals surface area (Å²) in [6, 6.07) is 49.0. The monoisotopic (exact) mass is 551 g/mol. The van der Waals surface area contributed by atoms with Gasteiger partial charge in [0.05, 0.1) is 0 Å². The van der Waals surface area contributed by atoms with Crippen LogP contribution in [0.15, 0.2) is 140 Å². The third-order valence-corrected chi connectivity index (χ3v) is 8.72. The van der Waals surface area contributed by atoms with Gasteiger partial charge < -0.3 is 0 Å². The van der Waals surface area contributed by atoms with Gasteiger partial charge in [-0.1, -0.05) is 141 Å². The van der Waals surface area contributed by atoms with E-state index >= 15 is 0 Å². The molecule has 3 heteroatoms. The van der Waals surface area contributed by atoms with Crippen molar-refractivity contribution in [3.63, 3.8) is 0 Å². The number of hydrogen-bond donors (Lipinski definition) is 0. The molecule has 0 fully saturated rings. The second-order valence-electron chi connectivity index (χ2n) is 11.7. The van der Waals surface area contributed by atoms with Crippen molar-refractivity contribution in [2.45, 2.75) is 19.3 Å². The van der Waals surface area contributed by atoms with E-state index in [-0.39, 0.29) is 5.41 Å². The van der Waals surface area contributed by atoms with Gasteiger partial charge in [-0.15, -0.1) is 0 Å². The molecule has 0 saturated heterocycles. The third kappa shape index (κ3) is 4.24. The van der Waals surface area contributed by atoms with Gasteiger partial charge >= 0.3 is 0 Å². The van der Waals surface area contributed by atoms with E-state index in [4.69, 9.17) is 15.0 Å². The molecule has 43 heavy (non-hydrogen) atoms. The first-order chi connectivity index (χ1) is 21.1. The van der Waals surface area contributed by atoms with Gasteiger partial charge in [-0.2, -0.15) is 0 Å². The number of fused-ring (bicyclic) bond motifs is 4. The van der Waals surface area contributed by atoms with E-state index in [1.807, 2.05) is 60.7 Å². The van der Waals surface area contributed by atoms with Crippen molar-refractivity contribution in [2.24, 2.45) is 0 Å². The predicted molar refractivity (Wildman–Crippen MR) is 177 cm³/mol. The summed E-state index contributed by atoms with van der Waals surface area (Å²) < 4.78 is 0. The molecule has 6 aromatic carbocycles. The van der Waals surface area contributed by atoms with Crippen LogP contribution in [0.2, 0.25) is 0 Å². The molecule has 1 aliphatic rings. The summed E-state index contributed by atoms with van der Waals surface area (Å²) in [5, 5.41) is 2.56. The van der Waals surface area contributed by atoms with Gasteiger partial charge in [0.2, 0.25) is 0 Å². The van der Waals surface area contributed by atoms with Crippen molar-refractivity contribution in [3.8, 4) is 56.4 Å². The molecule has 204 valence electrons. The Balaban J connectivity index is 1.24. The normalized spacial score (nSPS) is 13.1. The predicted octanol–water partition coefficient (Wildman–Crippen LogP) is 10.00. The fourth-order valence-corrected chi connectivity index (χ4v) is 6.45. The van der Waals surface area contributed by atoms with E-state index in [1.54, 1.807) is 0 Å². The molecule has 1 aliphatic carbocycles. The molecular formula is C40H29N3. The first-order valence-corrected chi connectivity index (χ1v) is 14.7. The summed E-state index contributed by atoms with van der Waals surface area (Å²) in [5.41, 5.74) is 10.7. The van der Waals surface area contributed by atoms with E-state index in [0.29, 0.717) is 17.5 Å². The van der Waals surface area contributed by atoms with Crippen LogP contribution in [0.4, 0.5) is 0 Å². The summed E-state index contributed by atoms with van der Waals surface area (Å²) in [6.07, 6.45) is 0. The second-order valence-corrected chi connectivity index (χ2v) is 11.7. The zero-order valence-electron chi connectivity index (χ0n) is 24.1. The Hall–Kier alpha value is -5.41. The Bertz CT molecular complexity index is 2070. The molecule has 0 saturated carbocycles. The highest BCUT2D eigenvalue weighted by atomic mass is 15.0. The van der Waals surface area contributed by atoms with Crippen LogP contribution < -0.4 is 0 Å². The minimum Gasteiger partial charge on any atom is -0.208 e. The Morgan fingerprint density at radius 1 is 0.395 bits per heavy atom. The fourth-order valence-electron chi connectivity index (χ4n) is 6.45. The quantitative estimate of drug-likeness (QED) is 0.218. The number of rotatable bonds is 4. The van der Waals surface area contributed by atoms with Gasteiger partial charge in [0.25, 0.3) is 0 Å². The van der Waals surface area contributed by atoms with Crippen LogP contribution in [0.3, 0.4) is 0 Å². The highest BCUT2D eigenvalue weighted by Crippen LogP contribution is 2.53. The van der Waals surface area contributed by atoms with Gasteiger partial charge in [0.15, 0.2) is 17.5 Å². The maximum Gasteiger partial charge on any atom is 0.164 e. The van der Waals surface area contributed by atoms with Crippen molar-refractivity contribution in [1.29, 1.82) is 0 Å². The number of aromatic nitrogens is 3. The average Bonchev–Trinajstić information content (AvgIpc) is 3.30. The Morgan fingerprint density at radius 3 is 1.47 bits per heavy atom. The highest BCUT2D eigenvalue weighted by Gasteiger charge is 2.37. The van der Waals surface area contributed by atoms with Gasteiger partial charge in [-0.25, -0.2) is 15.0 Å². The van der Waals surface area contributed by atoms with Crippen LogP contribution in [0.5, 0.6) is 0 Å². The molecule has 1 heterocycles. The molecule has 0 N–H and O–H groups in total. The molecule has 0 aliphatic heterocycles. The van der Waals surface area contributed by atoms with E-state index in [2.05, 4.69) is 92.7 Å². The molecule has 0 unspecified atom stereocenters. The Kier molecular flexibility index (Phi) is 5.80. The molecular weight excluding hydrogens is 522 g/mol. The number of hydrogen-bond acceptors (Lipinski definition) is 3. The first kappa shape index (κ1) is 25.3. The highest BCUT2D eigenvalue weighted by molar-refractivity contribution is 5.98. The fraction of sp³-hybridized carbons (Fsp3) is 0.0750. The van der Waals surface area contributed by atoms with Crippen molar-refractivity contribution in [2.75, 3.05) is 0 Å². The lowest BCUT2D eigenvalue weighted by atomic mass is 9.81.